The van der Waals surface area contributed by atoms with Crippen LogP contribution in [0.3, 0.4) is 0 Å². The van der Waals surface area contributed by atoms with Gasteiger partial charge in [0, 0.05) is 5.33 Å². The van der Waals surface area contributed by atoms with Crippen LogP contribution in [0.25, 0.3) is 6.08 Å². The Morgan fingerprint density at radius 2 is 2.00 bits per heavy atom. The van der Waals surface area contributed by atoms with Crippen LogP contribution in [0.2, 0.25) is 0 Å². The fourth-order valence-electron chi connectivity index (χ4n) is 1.30. The summed E-state index contributed by atoms with van der Waals surface area (Å²) in [5, 5.41) is 1.02. The first-order valence-electron chi connectivity index (χ1n) is 4.95. The van der Waals surface area contributed by atoms with Crippen LogP contribution in [0.5, 0.6) is 0 Å². The van der Waals surface area contributed by atoms with Gasteiger partial charge in [0.1, 0.15) is 0 Å². The number of hydrogen-bond donors (Lipinski definition) is 0. The second-order valence-corrected chi connectivity index (χ2v) is 3.97. The van der Waals surface area contributed by atoms with E-state index >= 15 is 0 Å². The molecule has 0 heterocycles. The number of allylic oxidation sites excluding steroid dienone is 1. The molecule has 0 aliphatic rings. The standard InChI is InChI=1S/C13H16Br/c1-2-6-13(11-14)10-9-12-7-4-3-5-8-12/h3-5,7-10,13H,1-2,6,11H2. The molecule has 1 heteroatoms. The third-order valence-electron chi connectivity index (χ3n) is 2.13. The molecule has 1 rings (SSSR count). The van der Waals surface area contributed by atoms with Crippen LogP contribution in [0, 0.1) is 12.8 Å². The van der Waals surface area contributed by atoms with Gasteiger partial charge in [-0.15, -0.1) is 0 Å². The molecule has 14 heavy (non-hydrogen) atoms. The molecule has 1 atom stereocenters. The Balaban J connectivity index is 2.53. The van der Waals surface area contributed by atoms with Crippen molar-refractivity contribution in [2.75, 3.05) is 5.33 Å². The lowest BCUT2D eigenvalue weighted by Crippen LogP contribution is -1.96. The molecule has 0 aliphatic carbocycles. The minimum Gasteiger partial charge on any atom is -0.0922 e. The highest BCUT2D eigenvalue weighted by Crippen LogP contribution is 2.13. The van der Waals surface area contributed by atoms with Crippen molar-refractivity contribution in [1.29, 1.82) is 0 Å². The first-order chi connectivity index (χ1) is 6.86. The summed E-state index contributed by atoms with van der Waals surface area (Å²) in [4.78, 5) is 0. The van der Waals surface area contributed by atoms with Gasteiger partial charge >= 0.3 is 0 Å². The summed E-state index contributed by atoms with van der Waals surface area (Å²) in [7, 11) is 0. The van der Waals surface area contributed by atoms with Crippen molar-refractivity contribution in [2.24, 2.45) is 5.92 Å². The molecule has 0 bridgehead atoms. The molecule has 1 radical (unpaired) electrons. The van der Waals surface area contributed by atoms with Gasteiger partial charge in [0.15, 0.2) is 0 Å². The fraction of sp³-hybridized carbons (Fsp3) is 0.308. The number of benzene rings is 1. The normalized spacial score (nSPS) is 13.3. The summed E-state index contributed by atoms with van der Waals surface area (Å²) >= 11 is 3.51. The molecule has 0 amide bonds. The van der Waals surface area contributed by atoms with Crippen molar-refractivity contribution < 1.29 is 0 Å². The number of hydrogen-bond acceptors (Lipinski definition) is 0. The smallest absolute Gasteiger partial charge is 0.00944 e. The van der Waals surface area contributed by atoms with E-state index in [4.69, 9.17) is 0 Å². The highest BCUT2D eigenvalue weighted by atomic mass is 79.9. The van der Waals surface area contributed by atoms with Gasteiger partial charge in [0.2, 0.25) is 0 Å². The van der Waals surface area contributed by atoms with Crippen LogP contribution in [0.15, 0.2) is 36.4 Å². The second-order valence-electron chi connectivity index (χ2n) is 3.33. The van der Waals surface area contributed by atoms with Crippen molar-refractivity contribution in [3.05, 3.63) is 48.9 Å². The molecular weight excluding hydrogens is 236 g/mol. The zero-order valence-electron chi connectivity index (χ0n) is 8.33. The van der Waals surface area contributed by atoms with E-state index in [2.05, 4.69) is 59.3 Å². The van der Waals surface area contributed by atoms with Gasteiger partial charge in [0.05, 0.1) is 0 Å². The van der Waals surface area contributed by atoms with Gasteiger partial charge in [0.25, 0.3) is 0 Å². The molecule has 1 aromatic rings. The van der Waals surface area contributed by atoms with Gasteiger partial charge in [-0.3, -0.25) is 0 Å². The molecule has 0 N–H and O–H groups in total. The third kappa shape index (κ3) is 4.10. The predicted octanol–water partition coefficient (Wildman–Crippen LogP) is 4.33. The van der Waals surface area contributed by atoms with Gasteiger partial charge in [-0.2, -0.15) is 0 Å². The summed E-state index contributed by atoms with van der Waals surface area (Å²) in [6.07, 6.45) is 6.58. The van der Waals surface area contributed by atoms with Gasteiger partial charge in [-0.1, -0.05) is 71.8 Å². The molecule has 0 saturated carbocycles. The predicted molar refractivity (Wildman–Crippen MR) is 67.4 cm³/mol. The highest BCUT2D eigenvalue weighted by Gasteiger charge is 1.99. The maximum Gasteiger partial charge on any atom is 0.00944 e. The van der Waals surface area contributed by atoms with Crippen molar-refractivity contribution >= 4 is 22.0 Å². The average molecular weight is 252 g/mol. The molecule has 1 unspecified atom stereocenters. The second kappa shape index (κ2) is 6.83. The lowest BCUT2D eigenvalue weighted by molar-refractivity contribution is 0.673. The van der Waals surface area contributed by atoms with Crippen molar-refractivity contribution in [1.82, 2.24) is 0 Å². The zero-order chi connectivity index (χ0) is 10.2. The van der Waals surface area contributed by atoms with Crippen molar-refractivity contribution in [3.8, 4) is 0 Å². The molecule has 0 aromatic heterocycles. The van der Waals surface area contributed by atoms with E-state index < -0.39 is 0 Å². The van der Waals surface area contributed by atoms with E-state index in [1.807, 2.05) is 6.07 Å². The Morgan fingerprint density at radius 3 is 2.57 bits per heavy atom. The maximum atomic E-state index is 3.87. The van der Waals surface area contributed by atoms with Crippen LogP contribution in [0.4, 0.5) is 0 Å². The van der Waals surface area contributed by atoms with Crippen LogP contribution in [-0.2, 0) is 0 Å². The Morgan fingerprint density at radius 1 is 1.29 bits per heavy atom. The first-order valence-corrected chi connectivity index (χ1v) is 6.07. The highest BCUT2D eigenvalue weighted by molar-refractivity contribution is 9.09. The fourth-order valence-corrected chi connectivity index (χ4v) is 1.84. The summed E-state index contributed by atoms with van der Waals surface area (Å²) < 4.78 is 0. The minimum atomic E-state index is 0.604. The summed E-state index contributed by atoms with van der Waals surface area (Å²) in [5.41, 5.74) is 1.27. The van der Waals surface area contributed by atoms with Gasteiger partial charge < -0.3 is 0 Å². The van der Waals surface area contributed by atoms with Crippen LogP contribution >= 0.6 is 15.9 Å². The van der Waals surface area contributed by atoms with Crippen molar-refractivity contribution in [2.45, 2.75) is 12.8 Å². The molecule has 0 fully saturated rings. The molecule has 0 nitrogen and oxygen atoms in total. The number of rotatable bonds is 5. The molecule has 0 aliphatic heterocycles. The first kappa shape index (κ1) is 11.5. The zero-order valence-corrected chi connectivity index (χ0v) is 9.91. The molecule has 75 valence electrons. The van der Waals surface area contributed by atoms with E-state index in [-0.39, 0.29) is 0 Å². The minimum absolute atomic E-state index is 0.604. The van der Waals surface area contributed by atoms with E-state index in [9.17, 15) is 0 Å². The van der Waals surface area contributed by atoms with Gasteiger partial charge in [-0.05, 0) is 17.9 Å². The SMILES string of the molecule is [CH2]CCC(C=Cc1ccccc1)CBr. The summed E-state index contributed by atoms with van der Waals surface area (Å²) in [6, 6.07) is 10.4. The lowest BCUT2D eigenvalue weighted by atomic mass is 10.0. The number of alkyl halides is 1. The lowest BCUT2D eigenvalue weighted by Gasteiger charge is -2.05. The van der Waals surface area contributed by atoms with Crippen LogP contribution < -0.4 is 0 Å². The Hall–Kier alpha value is -0.560. The van der Waals surface area contributed by atoms with E-state index in [0.717, 1.165) is 18.2 Å². The van der Waals surface area contributed by atoms with E-state index in [1.54, 1.807) is 0 Å². The van der Waals surface area contributed by atoms with Crippen LogP contribution in [0.1, 0.15) is 18.4 Å². The Bertz CT molecular complexity index is 264. The van der Waals surface area contributed by atoms with Gasteiger partial charge in [-0.25, -0.2) is 0 Å². The van der Waals surface area contributed by atoms with Crippen LogP contribution in [-0.4, -0.2) is 5.33 Å². The van der Waals surface area contributed by atoms with Crippen molar-refractivity contribution in [3.63, 3.8) is 0 Å². The number of halogens is 1. The topological polar surface area (TPSA) is 0 Å². The average Bonchev–Trinajstić information content (AvgIpc) is 2.25. The molecular formula is C13H16Br. The monoisotopic (exact) mass is 251 g/mol. The maximum absolute atomic E-state index is 3.87. The largest absolute Gasteiger partial charge is 0.0922 e. The summed E-state index contributed by atoms with van der Waals surface area (Å²) in [6.45, 7) is 3.87. The Labute approximate surface area is 95.2 Å². The molecule has 0 spiro atoms. The quantitative estimate of drug-likeness (QED) is 0.684. The van der Waals surface area contributed by atoms with E-state index in [1.165, 1.54) is 5.56 Å². The Kier molecular flexibility index (Phi) is 5.62. The van der Waals surface area contributed by atoms with E-state index in [0.29, 0.717) is 5.92 Å². The molecule has 0 saturated heterocycles. The summed E-state index contributed by atoms with van der Waals surface area (Å²) in [5.74, 6) is 0.604. The third-order valence-corrected chi connectivity index (χ3v) is 2.97. The molecule has 1 aromatic carbocycles.